The van der Waals surface area contributed by atoms with Crippen LogP contribution in [0, 0.1) is 12.8 Å². The zero-order valence-corrected chi connectivity index (χ0v) is 13.0. The van der Waals surface area contributed by atoms with Crippen molar-refractivity contribution < 1.29 is 9.59 Å². The standard InChI is InChI=1S/C18H22N2O2/c1-4-9-19(10-5-2)18(22)15-12-17(21)20(13-15)16-8-6-7-14(3)11-16/h4-8,11,15H,1-2,9-10,12-13H2,3H3/t15-/m1/s1. The third-order valence-corrected chi connectivity index (χ3v) is 3.80. The SMILES string of the molecule is C=CCN(CC=C)C(=O)[C@@H]1CC(=O)N(c2cccc(C)c2)C1. The molecule has 2 rings (SSSR count). The molecule has 1 saturated heterocycles. The molecule has 0 radical (unpaired) electrons. The van der Waals surface area contributed by atoms with Crippen LogP contribution in [0.5, 0.6) is 0 Å². The van der Waals surface area contributed by atoms with Crippen LogP contribution in [0.1, 0.15) is 12.0 Å². The fourth-order valence-corrected chi connectivity index (χ4v) is 2.74. The van der Waals surface area contributed by atoms with Gasteiger partial charge in [-0.1, -0.05) is 24.3 Å². The Balaban J connectivity index is 2.12. The highest BCUT2D eigenvalue weighted by Crippen LogP contribution is 2.26. The lowest BCUT2D eigenvalue weighted by molar-refractivity contribution is -0.134. The van der Waals surface area contributed by atoms with Gasteiger partial charge in [-0.25, -0.2) is 0 Å². The molecule has 2 amide bonds. The number of hydrogen-bond donors (Lipinski definition) is 0. The zero-order valence-electron chi connectivity index (χ0n) is 13.0. The third-order valence-electron chi connectivity index (χ3n) is 3.80. The van der Waals surface area contributed by atoms with Crippen molar-refractivity contribution in [2.45, 2.75) is 13.3 Å². The second-order valence-corrected chi connectivity index (χ2v) is 5.56. The number of aryl methyl sites for hydroxylation is 1. The van der Waals surface area contributed by atoms with E-state index in [0.717, 1.165) is 11.3 Å². The molecule has 4 heteroatoms. The van der Waals surface area contributed by atoms with Gasteiger partial charge >= 0.3 is 0 Å². The minimum absolute atomic E-state index is 0.00102. The first kappa shape index (κ1) is 16.0. The molecule has 22 heavy (non-hydrogen) atoms. The molecule has 1 fully saturated rings. The van der Waals surface area contributed by atoms with Crippen LogP contribution in [0.2, 0.25) is 0 Å². The average molecular weight is 298 g/mol. The largest absolute Gasteiger partial charge is 0.335 e. The van der Waals surface area contributed by atoms with E-state index in [-0.39, 0.29) is 24.2 Å². The maximum atomic E-state index is 12.6. The fraction of sp³-hybridized carbons (Fsp3) is 0.333. The molecule has 1 aromatic carbocycles. The van der Waals surface area contributed by atoms with Gasteiger partial charge < -0.3 is 9.80 Å². The molecule has 1 aliphatic rings. The normalized spacial score (nSPS) is 17.4. The van der Waals surface area contributed by atoms with Crippen LogP contribution >= 0.6 is 0 Å². The van der Waals surface area contributed by atoms with Crippen LogP contribution in [-0.4, -0.2) is 36.3 Å². The van der Waals surface area contributed by atoms with E-state index in [1.807, 2.05) is 31.2 Å². The predicted molar refractivity (Wildman–Crippen MR) is 88.6 cm³/mol. The lowest BCUT2D eigenvalue weighted by Gasteiger charge is -2.23. The van der Waals surface area contributed by atoms with Gasteiger partial charge in [-0.2, -0.15) is 0 Å². The molecular formula is C18H22N2O2. The van der Waals surface area contributed by atoms with E-state index in [4.69, 9.17) is 0 Å². The minimum atomic E-state index is -0.298. The first-order valence-electron chi connectivity index (χ1n) is 7.44. The van der Waals surface area contributed by atoms with Crippen LogP contribution in [0.15, 0.2) is 49.6 Å². The van der Waals surface area contributed by atoms with E-state index in [2.05, 4.69) is 13.2 Å². The molecule has 0 bridgehead atoms. The van der Waals surface area contributed by atoms with Gasteiger partial charge in [0.25, 0.3) is 0 Å². The Labute approximate surface area is 131 Å². The molecule has 0 aliphatic carbocycles. The molecule has 0 N–H and O–H groups in total. The highest BCUT2D eigenvalue weighted by molar-refractivity contribution is 6.00. The second-order valence-electron chi connectivity index (χ2n) is 5.56. The summed E-state index contributed by atoms with van der Waals surface area (Å²) in [5, 5.41) is 0. The van der Waals surface area contributed by atoms with E-state index >= 15 is 0 Å². The Morgan fingerprint density at radius 3 is 2.64 bits per heavy atom. The molecule has 0 saturated carbocycles. The van der Waals surface area contributed by atoms with Crippen molar-refractivity contribution in [3.05, 3.63) is 55.1 Å². The van der Waals surface area contributed by atoms with Crippen molar-refractivity contribution in [2.24, 2.45) is 5.92 Å². The Morgan fingerprint density at radius 2 is 2.05 bits per heavy atom. The van der Waals surface area contributed by atoms with E-state index in [9.17, 15) is 9.59 Å². The van der Waals surface area contributed by atoms with Crippen LogP contribution < -0.4 is 4.90 Å². The Morgan fingerprint density at radius 1 is 1.36 bits per heavy atom. The predicted octanol–water partition coefficient (Wildman–Crippen LogP) is 2.55. The quantitative estimate of drug-likeness (QED) is 0.757. The van der Waals surface area contributed by atoms with Gasteiger partial charge in [0.15, 0.2) is 0 Å². The first-order valence-corrected chi connectivity index (χ1v) is 7.44. The fourth-order valence-electron chi connectivity index (χ4n) is 2.74. The van der Waals surface area contributed by atoms with Crippen LogP contribution in [0.3, 0.4) is 0 Å². The summed E-state index contributed by atoms with van der Waals surface area (Å²) in [6.07, 6.45) is 3.64. The number of hydrogen-bond acceptors (Lipinski definition) is 2. The Hall–Kier alpha value is -2.36. The summed E-state index contributed by atoms with van der Waals surface area (Å²) in [6, 6.07) is 7.79. The van der Waals surface area contributed by atoms with Crippen molar-refractivity contribution in [3.63, 3.8) is 0 Å². The summed E-state index contributed by atoms with van der Waals surface area (Å²) in [7, 11) is 0. The van der Waals surface area contributed by atoms with E-state index in [1.54, 1.807) is 22.0 Å². The summed E-state index contributed by atoms with van der Waals surface area (Å²) < 4.78 is 0. The number of nitrogens with zero attached hydrogens (tertiary/aromatic N) is 2. The highest BCUT2D eigenvalue weighted by atomic mass is 16.2. The van der Waals surface area contributed by atoms with Gasteiger partial charge in [-0.15, -0.1) is 13.2 Å². The Bertz CT molecular complexity index is 585. The summed E-state index contributed by atoms with van der Waals surface area (Å²) in [6.45, 7) is 10.7. The van der Waals surface area contributed by atoms with Gasteiger partial charge in [0.1, 0.15) is 0 Å². The van der Waals surface area contributed by atoms with E-state index in [1.165, 1.54) is 0 Å². The summed E-state index contributed by atoms with van der Waals surface area (Å²) in [5.41, 5.74) is 1.96. The van der Waals surface area contributed by atoms with Gasteiger partial charge in [0, 0.05) is 31.7 Å². The van der Waals surface area contributed by atoms with E-state index in [0.29, 0.717) is 19.6 Å². The third kappa shape index (κ3) is 3.45. The average Bonchev–Trinajstić information content (AvgIpc) is 2.88. The van der Waals surface area contributed by atoms with Crippen LogP contribution in [0.25, 0.3) is 0 Å². The van der Waals surface area contributed by atoms with Crippen molar-refractivity contribution >= 4 is 17.5 Å². The molecule has 1 aromatic rings. The molecule has 1 heterocycles. The zero-order chi connectivity index (χ0) is 16.1. The second kappa shape index (κ2) is 7.07. The van der Waals surface area contributed by atoms with Gasteiger partial charge in [0.2, 0.25) is 11.8 Å². The van der Waals surface area contributed by atoms with Gasteiger partial charge in [-0.05, 0) is 24.6 Å². The molecule has 0 aromatic heterocycles. The number of carbonyl (C=O) groups excluding carboxylic acids is 2. The van der Waals surface area contributed by atoms with Crippen molar-refractivity contribution in [1.82, 2.24) is 4.90 Å². The maximum absolute atomic E-state index is 12.6. The maximum Gasteiger partial charge on any atom is 0.228 e. The first-order chi connectivity index (χ1) is 10.6. The molecule has 116 valence electrons. The molecule has 4 nitrogen and oxygen atoms in total. The lowest BCUT2D eigenvalue weighted by Crippen LogP contribution is -2.37. The molecule has 0 spiro atoms. The van der Waals surface area contributed by atoms with E-state index < -0.39 is 0 Å². The van der Waals surface area contributed by atoms with Gasteiger partial charge in [-0.3, -0.25) is 9.59 Å². The minimum Gasteiger partial charge on any atom is -0.335 e. The number of benzene rings is 1. The van der Waals surface area contributed by atoms with Crippen molar-refractivity contribution in [2.75, 3.05) is 24.5 Å². The lowest BCUT2D eigenvalue weighted by atomic mass is 10.1. The summed E-state index contributed by atoms with van der Waals surface area (Å²) in [4.78, 5) is 28.2. The topological polar surface area (TPSA) is 40.6 Å². The van der Waals surface area contributed by atoms with Crippen molar-refractivity contribution in [1.29, 1.82) is 0 Å². The molecule has 1 atom stereocenters. The molecule has 0 unspecified atom stereocenters. The summed E-state index contributed by atoms with van der Waals surface area (Å²) >= 11 is 0. The monoisotopic (exact) mass is 298 g/mol. The molecule has 1 aliphatic heterocycles. The number of amides is 2. The number of carbonyl (C=O) groups is 2. The number of rotatable bonds is 6. The van der Waals surface area contributed by atoms with Crippen LogP contribution in [0.4, 0.5) is 5.69 Å². The summed E-state index contributed by atoms with van der Waals surface area (Å²) in [5.74, 6) is -0.308. The van der Waals surface area contributed by atoms with Crippen LogP contribution in [-0.2, 0) is 9.59 Å². The molecular weight excluding hydrogens is 276 g/mol. The smallest absolute Gasteiger partial charge is 0.228 e. The highest BCUT2D eigenvalue weighted by Gasteiger charge is 2.36. The number of anilines is 1. The van der Waals surface area contributed by atoms with Crippen molar-refractivity contribution in [3.8, 4) is 0 Å². The van der Waals surface area contributed by atoms with Gasteiger partial charge in [0.05, 0.1) is 5.92 Å². The Kier molecular flexibility index (Phi) is 5.15.